The SMILES string of the molecule is O=C(O)C(F)(F)F.O=C(c1ccccc1-c1ncn[nH]1)N1CCc2[nH]cnc2C1c1ccccn1. The third-order valence-corrected chi connectivity index (χ3v) is 5.22. The van der Waals surface area contributed by atoms with E-state index in [1.165, 1.54) is 6.33 Å². The Hall–Kier alpha value is -4.55. The van der Waals surface area contributed by atoms with E-state index in [1.54, 1.807) is 12.5 Å². The van der Waals surface area contributed by atoms with Crippen molar-refractivity contribution in [1.82, 2.24) is 35.0 Å². The normalized spacial score (nSPS) is 15.1. The number of fused-ring (bicyclic) bond motifs is 1. The zero-order chi connectivity index (χ0) is 25.0. The molecule has 0 saturated heterocycles. The summed E-state index contributed by atoms with van der Waals surface area (Å²) in [6, 6.07) is 12.8. The molecule has 0 bridgehead atoms. The van der Waals surface area contributed by atoms with Gasteiger partial charge >= 0.3 is 12.1 Å². The number of carbonyl (C=O) groups excluding carboxylic acids is 1. The van der Waals surface area contributed by atoms with Crippen molar-refractivity contribution in [3.8, 4) is 11.4 Å². The molecule has 3 aromatic heterocycles. The van der Waals surface area contributed by atoms with Crippen molar-refractivity contribution >= 4 is 11.9 Å². The van der Waals surface area contributed by atoms with Gasteiger partial charge in [-0.1, -0.05) is 24.3 Å². The number of halogens is 3. The number of aliphatic carboxylic acids is 1. The van der Waals surface area contributed by atoms with E-state index >= 15 is 0 Å². The van der Waals surface area contributed by atoms with Gasteiger partial charge in [-0.15, -0.1) is 0 Å². The number of alkyl halides is 3. The second-order valence-corrected chi connectivity index (χ2v) is 7.35. The van der Waals surface area contributed by atoms with Gasteiger partial charge in [0.05, 0.1) is 23.3 Å². The number of aromatic nitrogens is 6. The minimum Gasteiger partial charge on any atom is -0.475 e. The molecule has 0 saturated carbocycles. The molecule has 4 heterocycles. The molecule has 35 heavy (non-hydrogen) atoms. The number of hydrogen-bond acceptors (Lipinski definition) is 6. The maximum Gasteiger partial charge on any atom is 0.490 e. The number of H-pyrrole nitrogens is 2. The fourth-order valence-corrected chi connectivity index (χ4v) is 3.70. The number of carboxylic acids is 1. The van der Waals surface area contributed by atoms with Crippen molar-refractivity contribution in [2.45, 2.75) is 18.6 Å². The Bertz CT molecular complexity index is 1310. The molecule has 0 spiro atoms. The lowest BCUT2D eigenvalue weighted by atomic mass is 9.97. The zero-order valence-corrected chi connectivity index (χ0v) is 17.9. The number of nitrogens with zero attached hydrogens (tertiary/aromatic N) is 5. The third-order valence-electron chi connectivity index (χ3n) is 5.22. The first-order valence-electron chi connectivity index (χ1n) is 10.3. The largest absolute Gasteiger partial charge is 0.490 e. The van der Waals surface area contributed by atoms with Crippen molar-refractivity contribution in [2.75, 3.05) is 6.54 Å². The van der Waals surface area contributed by atoms with Crippen LogP contribution in [0.4, 0.5) is 13.2 Å². The molecule has 180 valence electrons. The highest BCUT2D eigenvalue weighted by molar-refractivity contribution is 6.00. The number of carbonyl (C=O) groups is 2. The van der Waals surface area contributed by atoms with Gasteiger partial charge in [0.1, 0.15) is 12.4 Å². The summed E-state index contributed by atoms with van der Waals surface area (Å²) in [4.78, 5) is 40.8. The number of imidazole rings is 1. The molecule has 1 atom stereocenters. The van der Waals surface area contributed by atoms with Crippen molar-refractivity contribution in [2.24, 2.45) is 0 Å². The van der Waals surface area contributed by atoms with Gasteiger partial charge < -0.3 is 15.0 Å². The lowest BCUT2D eigenvalue weighted by molar-refractivity contribution is -0.192. The fourth-order valence-electron chi connectivity index (χ4n) is 3.70. The van der Waals surface area contributed by atoms with E-state index in [0.29, 0.717) is 17.9 Å². The summed E-state index contributed by atoms with van der Waals surface area (Å²) in [5, 5.41) is 13.9. The fraction of sp³-hybridized carbons (Fsp3) is 0.182. The number of hydrogen-bond donors (Lipinski definition) is 3. The van der Waals surface area contributed by atoms with Crippen LogP contribution in [0.2, 0.25) is 0 Å². The smallest absolute Gasteiger partial charge is 0.475 e. The molecule has 1 amide bonds. The molecule has 5 rings (SSSR count). The number of pyridine rings is 1. The summed E-state index contributed by atoms with van der Waals surface area (Å²) in [5.41, 5.74) is 3.97. The number of aromatic amines is 2. The summed E-state index contributed by atoms with van der Waals surface area (Å²) in [5.74, 6) is -2.28. The van der Waals surface area contributed by atoms with Crippen molar-refractivity contribution < 1.29 is 27.9 Å². The second-order valence-electron chi connectivity index (χ2n) is 7.35. The molecular weight excluding hydrogens is 467 g/mol. The van der Waals surface area contributed by atoms with E-state index < -0.39 is 12.1 Å². The van der Waals surface area contributed by atoms with Gasteiger partial charge in [-0.2, -0.15) is 18.3 Å². The van der Waals surface area contributed by atoms with E-state index in [1.807, 2.05) is 47.4 Å². The molecule has 3 N–H and O–H groups in total. The minimum atomic E-state index is -5.08. The van der Waals surface area contributed by atoms with E-state index in [9.17, 15) is 18.0 Å². The van der Waals surface area contributed by atoms with Crippen LogP contribution >= 0.6 is 0 Å². The number of benzene rings is 1. The maximum absolute atomic E-state index is 13.6. The van der Waals surface area contributed by atoms with Gasteiger partial charge in [-0.05, 0) is 18.2 Å². The van der Waals surface area contributed by atoms with Crippen LogP contribution in [-0.2, 0) is 11.2 Å². The number of nitrogens with one attached hydrogen (secondary N) is 2. The number of rotatable bonds is 3. The van der Waals surface area contributed by atoms with Crippen LogP contribution in [-0.4, -0.2) is 64.7 Å². The third kappa shape index (κ3) is 5.03. The van der Waals surface area contributed by atoms with Gasteiger partial charge in [0, 0.05) is 30.4 Å². The molecular formula is C22H18F3N7O3. The highest BCUT2D eigenvalue weighted by atomic mass is 19.4. The molecule has 0 fully saturated rings. The molecule has 1 aromatic carbocycles. The van der Waals surface area contributed by atoms with Gasteiger partial charge in [-0.3, -0.25) is 14.9 Å². The van der Waals surface area contributed by atoms with Crippen LogP contribution in [0, 0.1) is 0 Å². The van der Waals surface area contributed by atoms with E-state index in [-0.39, 0.29) is 11.9 Å². The van der Waals surface area contributed by atoms with Crippen molar-refractivity contribution in [3.63, 3.8) is 0 Å². The second kappa shape index (κ2) is 9.75. The topological polar surface area (TPSA) is 141 Å². The quantitative estimate of drug-likeness (QED) is 0.405. The average molecular weight is 485 g/mol. The molecule has 1 unspecified atom stereocenters. The monoisotopic (exact) mass is 485 g/mol. The van der Waals surface area contributed by atoms with Crippen LogP contribution in [0.5, 0.6) is 0 Å². The first-order valence-corrected chi connectivity index (χ1v) is 10.3. The van der Waals surface area contributed by atoms with Gasteiger partial charge in [0.15, 0.2) is 5.82 Å². The standard InChI is InChI=1S/C20H17N7O.C2HF3O2/c28-20(14-6-2-1-5-13(14)19-24-12-25-26-19)27-10-8-15-17(23-11-22-15)18(27)16-7-3-4-9-21-16;3-2(4,5)1(6)7/h1-7,9,11-12,18H,8,10H2,(H,22,23)(H,24,25,26);(H,6,7). The van der Waals surface area contributed by atoms with Crippen molar-refractivity contribution in [1.29, 1.82) is 0 Å². The predicted octanol–water partition coefficient (Wildman–Crippen LogP) is 3.01. The van der Waals surface area contributed by atoms with Crippen LogP contribution < -0.4 is 0 Å². The van der Waals surface area contributed by atoms with E-state index in [4.69, 9.17) is 9.90 Å². The molecule has 1 aliphatic rings. The van der Waals surface area contributed by atoms with Crippen LogP contribution in [0.1, 0.15) is 33.5 Å². The summed E-state index contributed by atoms with van der Waals surface area (Å²) in [6.07, 6.45) is 0.484. The summed E-state index contributed by atoms with van der Waals surface area (Å²) >= 11 is 0. The van der Waals surface area contributed by atoms with E-state index in [0.717, 1.165) is 29.1 Å². The first kappa shape index (κ1) is 23.6. The molecule has 4 aromatic rings. The molecule has 13 heteroatoms. The molecule has 0 radical (unpaired) electrons. The Morgan fingerprint density at radius 3 is 2.46 bits per heavy atom. The first-order chi connectivity index (χ1) is 16.8. The highest BCUT2D eigenvalue weighted by Crippen LogP contribution is 2.34. The Kier molecular flexibility index (Phi) is 6.57. The van der Waals surface area contributed by atoms with Crippen LogP contribution in [0.3, 0.4) is 0 Å². The number of amides is 1. The van der Waals surface area contributed by atoms with Gasteiger partial charge in [0.25, 0.3) is 5.91 Å². The Balaban J connectivity index is 0.000000364. The van der Waals surface area contributed by atoms with E-state index in [2.05, 4.69) is 30.1 Å². The maximum atomic E-state index is 13.6. The lowest BCUT2D eigenvalue weighted by Crippen LogP contribution is -2.41. The Morgan fingerprint density at radius 1 is 1.06 bits per heavy atom. The average Bonchev–Trinajstić information content (AvgIpc) is 3.56. The zero-order valence-electron chi connectivity index (χ0n) is 17.9. The molecule has 0 aliphatic carbocycles. The summed E-state index contributed by atoms with van der Waals surface area (Å²) in [6.45, 7) is 0.569. The van der Waals surface area contributed by atoms with Gasteiger partial charge in [-0.25, -0.2) is 14.8 Å². The van der Waals surface area contributed by atoms with Gasteiger partial charge in [0.2, 0.25) is 0 Å². The molecule has 10 nitrogen and oxygen atoms in total. The summed E-state index contributed by atoms with van der Waals surface area (Å²) < 4.78 is 31.7. The van der Waals surface area contributed by atoms with Crippen molar-refractivity contribution in [3.05, 3.63) is 84.0 Å². The number of carboxylic acid groups (broad SMARTS) is 1. The Morgan fingerprint density at radius 2 is 1.80 bits per heavy atom. The summed E-state index contributed by atoms with van der Waals surface area (Å²) in [7, 11) is 0. The predicted molar refractivity (Wildman–Crippen MR) is 115 cm³/mol. The molecule has 1 aliphatic heterocycles. The van der Waals surface area contributed by atoms with Crippen LogP contribution in [0.25, 0.3) is 11.4 Å². The van der Waals surface area contributed by atoms with Crippen LogP contribution in [0.15, 0.2) is 61.3 Å². The highest BCUT2D eigenvalue weighted by Gasteiger charge is 2.38. The Labute approximate surface area is 195 Å². The lowest BCUT2D eigenvalue weighted by Gasteiger charge is -2.35. The minimum absolute atomic E-state index is 0.0868.